The van der Waals surface area contributed by atoms with E-state index in [1.807, 2.05) is 6.08 Å². The van der Waals surface area contributed by atoms with Gasteiger partial charge in [-0.05, 0) is 23.7 Å². The van der Waals surface area contributed by atoms with Crippen LogP contribution in [0.2, 0.25) is 0 Å². The molecule has 0 heterocycles. The minimum atomic E-state index is 0.399. The third kappa shape index (κ3) is 3.09. The van der Waals surface area contributed by atoms with E-state index in [9.17, 15) is 0 Å². The Bertz CT molecular complexity index is 123. The quantitative estimate of drug-likeness (QED) is 0.538. The van der Waals surface area contributed by atoms with E-state index >= 15 is 0 Å². The Balaban J connectivity index is 4.10. The standard InChI is InChI=1S/C11H22/c1-7-8-9-11(5,6)10(2,3)4/h7H,1,8-9H2,2-6H3. The van der Waals surface area contributed by atoms with Crippen molar-refractivity contribution in [1.82, 2.24) is 0 Å². The lowest BCUT2D eigenvalue weighted by Gasteiger charge is -2.38. The van der Waals surface area contributed by atoms with Crippen molar-refractivity contribution < 1.29 is 0 Å². The molecular formula is C11H22. The molecule has 0 amide bonds. The first-order valence-electron chi connectivity index (χ1n) is 4.42. The van der Waals surface area contributed by atoms with E-state index in [-0.39, 0.29) is 0 Å². The third-order valence-electron chi connectivity index (χ3n) is 3.00. The number of hydrogen-bond donors (Lipinski definition) is 0. The van der Waals surface area contributed by atoms with Gasteiger partial charge in [-0.2, -0.15) is 0 Å². The van der Waals surface area contributed by atoms with Gasteiger partial charge < -0.3 is 0 Å². The zero-order valence-electron chi connectivity index (χ0n) is 8.70. The van der Waals surface area contributed by atoms with Crippen molar-refractivity contribution in [1.29, 1.82) is 0 Å². The molecule has 0 aromatic carbocycles. The van der Waals surface area contributed by atoms with Crippen LogP contribution >= 0.6 is 0 Å². The topological polar surface area (TPSA) is 0 Å². The maximum absolute atomic E-state index is 3.75. The largest absolute Gasteiger partial charge is 0.103 e. The predicted octanol–water partition coefficient (Wildman–Crippen LogP) is 4.02. The van der Waals surface area contributed by atoms with Crippen LogP contribution in [0.5, 0.6) is 0 Å². The highest BCUT2D eigenvalue weighted by atomic mass is 14.4. The van der Waals surface area contributed by atoms with Gasteiger partial charge >= 0.3 is 0 Å². The van der Waals surface area contributed by atoms with Gasteiger partial charge in [0.1, 0.15) is 0 Å². The number of rotatable bonds is 3. The van der Waals surface area contributed by atoms with E-state index < -0.39 is 0 Å². The first-order chi connectivity index (χ1) is 4.81. The van der Waals surface area contributed by atoms with E-state index in [1.165, 1.54) is 6.42 Å². The van der Waals surface area contributed by atoms with E-state index in [0.717, 1.165) is 6.42 Å². The van der Waals surface area contributed by atoms with Crippen molar-refractivity contribution in [2.75, 3.05) is 0 Å². The molecule has 0 aliphatic carbocycles. The van der Waals surface area contributed by atoms with Crippen LogP contribution in [-0.4, -0.2) is 0 Å². The monoisotopic (exact) mass is 154 g/mol. The molecule has 11 heavy (non-hydrogen) atoms. The molecule has 0 heteroatoms. The lowest BCUT2D eigenvalue weighted by Crippen LogP contribution is -2.29. The van der Waals surface area contributed by atoms with Gasteiger partial charge in [0.25, 0.3) is 0 Å². The second kappa shape index (κ2) is 3.42. The summed E-state index contributed by atoms with van der Waals surface area (Å²) in [6.07, 6.45) is 4.37. The Morgan fingerprint density at radius 3 is 1.82 bits per heavy atom. The molecule has 0 spiro atoms. The average Bonchev–Trinajstić information content (AvgIpc) is 1.81. The summed E-state index contributed by atoms with van der Waals surface area (Å²) < 4.78 is 0. The lowest BCUT2D eigenvalue weighted by molar-refractivity contribution is 0.121. The molecule has 0 saturated heterocycles. The SMILES string of the molecule is C=CCCC(C)(C)C(C)(C)C. The summed E-state index contributed by atoms with van der Waals surface area (Å²) in [5.74, 6) is 0. The number of allylic oxidation sites excluding steroid dienone is 1. The lowest BCUT2D eigenvalue weighted by atomic mass is 9.67. The maximum atomic E-state index is 3.75. The van der Waals surface area contributed by atoms with Crippen LogP contribution < -0.4 is 0 Å². The second-order valence-corrected chi connectivity index (χ2v) is 4.96. The normalized spacial score (nSPS) is 13.2. The maximum Gasteiger partial charge on any atom is -0.0303 e. The molecule has 0 saturated carbocycles. The predicted molar refractivity (Wildman–Crippen MR) is 52.7 cm³/mol. The molecule has 0 fully saturated rings. The summed E-state index contributed by atoms with van der Waals surface area (Å²) in [7, 11) is 0. The second-order valence-electron chi connectivity index (χ2n) is 4.96. The van der Waals surface area contributed by atoms with Crippen LogP contribution in [0.1, 0.15) is 47.5 Å². The van der Waals surface area contributed by atoms with Crippen molar-refractivity contribution >= 4 is 0 Å². The highest BCUT2D eigenvalue weighted by molar-refractivity contribution is 4.84. The van der Waals surface area contributed by atoms with Crippen LogP contribution in [0.3, 0.4) is 0 Å². The Kier molecular flexibility index (Phi) is 3.34. The minimum Gasteiger partial charge on any atom is -0.103 e. The van der Waals surface area contributed by atoms with Gasteiger partial charge in [0, 0.05) is 0 Å². The molecule has 0 aliphatic rings. The summed E-state index contributed by atoms with van der Waals surface area (Å²) in [6, 6.07) is 0. The fourth-order valence-electron chi connectivity index (χ4n) is 0.838. The molecular weight excluding hydrogens is 132 g/mol. The first kappa shape index (κ1) is 10.7. The highest BCUT2D eigenvalue weighted by Crippen LogP contribution is 2.41. The molecule has 0 aromatic rings. The van der Waals surface area contributed by atoms with Crippen molar-refractivity contribution in [3.05, 3.63) is 12.7 Å². The Labute approximate surface area is 71.7 Å². The summed E-state index contributed by atoms with van der Waals surface area (Å²) in [5.41, 5.74) is 0.817. The van der Waals surface area contributed by atoms with Crippen LogP contribution in [0.15, 0.2) is 12.7 Å². The molecule has 0 unspecified atom stereocenters. The minimum absolute atomic E-state index is 0.399. The van der Waals surface area contributed by atoms with Crippen molar-refractivity contribution in [3.63, 3.8) is 0 Å². The zero-order valence-corrected chi connectivity index (χ0v) is 8.70. The van der Waals surface area contributed by atoms with Crippen molar-refractivity contribution in [2.24, 2.45) is 10.8 Å². The van der Waals surface area contributed by atoms with Crippen LogP contribution in [0.25, 0.3) is 0 Å². The molecule has 0 atom stereocenters. The van der Waals surface area contributed by atoms with Crippen molar-refractivity contribution in [2.45, 2.75) is 47.5 Å². The average molecular weight is 154 g/mol. The van der Waals surface area contributed by atoms with E-state index in [2.05, 4.69) is 41.2 Å². The fraction of sp³-hybridized carbons (Fsp3) is 0.818. The molecule has 66 valence electrons. The molecule has 0 nitrogen and oxygen atoms in total. The van der Waals surface area contributed by atoms with Gasteiger partial charge in [0.2, 0.25) is 0 Å². The van der Waals surface area contributed by atoms with Crippen LogP contribution in [0, 0.1) is 10.8 Å². The first-order valence-corrected chi connectivity index (χ1v) is 4.42. The molecule has 0 aromatic heterocycles. The fourth-order valence-corrected chi connectivity index (χ4v) is 0.838. The molecule has 0 aliphatic heterocycles. The Hall–Kier alpha value is -0.260. The van der Waals surface area contributed by atoms with E-state index in [4.69, 9.17) is 0 Å². The van der Waals surface area contributed by atoms with Gasteiger partial charge in [-0.25, -0.2) is 0 Å². The van der Waals surface area contributed by atoms with Crippen LogP contribution in [0.4, 0.5) is 0 Å². The third-order valence-corrected chi connectivity index (χ3v) is 3.00. The summed E-state index contributed by atoms with van der Waals surface area (Å²) >= 11 is 0. The smallest absolute Gasteiger partial charge is 0.0303 e. The van der Waals surface area contributed by atoms with E-state index in [0.29, 0.717) is 10.8 Å². The zero-order chi connectivity index (χ0) is 9.12. The number of hydrogen-bond acceptors (Lipinski definition) is 0. The molecule has 0 N–H and O–H groups in total. The highest BCUT2D eigenvalue weighted by Gasteiger charge is 2.31. The van der Waals surface area contributed by atoms with Gasteiger partial charge in [-0.3, -0.25) is 0 Å². The molecule has 0 bridgehead atoms. The summed E-state index contributed by atoms with van der Waals surface area (Å²) in [6.45, 7) is 15.3. The van der Waals surface area contributed by atoms with Gasteiger partial charge in [0.05, 0.1) is 0 Å². The van der Waals surface area contributed by atoms with Gasteiger partial charge in [-0.1, -0.05) is 40.7 Å². The van der Waals surface area contributed by atoms with Gasteiger partial charge in [0.15, 0.2) is 0 Å². The Morgan fingerprint density at radius 1 is 1.09 bits per heavy atom. The van der Waals surface area contributed by atoms with Crippen LogP contribution in [-0.2, 0) is 0 Å². The van der Waals surface area contributed by atoms with E-state index in [1.54, 1.807) is 0 Å². The molecule has 0 radical (unpaired) electrons. The summed E-state index contributed by atoms with van der Waals surface area (Å²) in [4.78, 5) is 0. The van der Waals surface area contributed by atoms with Crippen molar-refractivity contribution in [3.8, 4) is 0 Å². The summed E-state index contributed by atoms with van der Waals surface area (Å²) in [5, 5.41) is 0. The molecule has 0 rings (SSSR count). The van der Waals surface area contributed by atoms with Gasteiger partial charge in [-0.15, -0.1) is 6.58 Å². The Morgan fingerprint density at radius 2 is 1.55 bits per heavy atom.